The zero-order valence-corrected chi connectivity index (χ0v) is 9.66. The number of carbonyl (C=O) groups is 1. The van der Waals surface area contributed by atoms with Crippen LogP contribution in [0.2, 0.25) is 0 Å². The van der Waals surface area contributed by atoms with Gasteiger partial charge in [-0.15, -0.1) is 0 Å². The second-order valence-electron chi connectivity index (χ2n) is 3.40. The number of rotatable bonds is 4. The lowest BCUT2D eigenvalue weighted by Gasteiger charge is -2.04. The first-order valence-electron chi connectivity index (χ1n) is 5.13. The van der Waals surface area contributed by atoms with Gasteiger partial charge in [0.15, 0.2) is 0 Å². The molecule has 1 heterocycles. The van der Waals surface area contributed by atoms with E-state index in [4.69, 9.17) is 15.2 Å². The van der Waals surface area contributed by atoms with Gasteiger partial charge in [0, 0.05) is 12.4 Å². The summed E-state index contributed by atoms with van der Waals surface area (Å²) in [6, 6.07) is 7.11. The first-order chi connectivity index (χ1) is 8.69. The summed E-state index contributed by atoms with van der Waals surface area (Å²) in [7, 11) is 1.58. The van der Waals surface area contributed by atoms with Gasteiger partial charge in [0.25, 0.3) is 5.91 Å². The summed E-state index contributed by atoms with van der Waals surface area (Å²) in [5.74, 6) is 0.723. The molecule has 0 unspecified atom stereocenters. The fourth-order valence-electron chi connectivity index (χ4n) is 1.25. The zero-order chi connectivity index (χ0) is 13.0. The van der Waals surface area contributed by atoms with Crippen molar-refractivity contribution in [2.45, 2.75) is 0 Å². The molecular formula is C12H11N3O3. The monoisotopic (exact) mass is 245 g/mol. The van der Waals surface area contributed by atoms with Crippen LogP contribution >= 0.6 is 0 Å². The standard InChI is InChI=1S/C12H11N3O3/c1-17-9-2-4-10(5-3-9)18-12-14-6-8(7-15-12)11(13)16/h2-7H,1H3,(H2,13,16). The van der Waals surface area contributed by atoms with E-state index in [1.807, 2.05) is 0 Å². The van der Waals surface area contributed by atoms with Crippen LogP contribution in [0.15, 0.2) is 36.7 Å². The SMILES string of the molecule is COc1ccc(Oc2ncc(C(N)=O)cn2)cc1. The Hall–Kier alpha value is -2.63. The summed E-state index contributed by atoms with van der Waals surface area (Å²) in [6.07, 6.45) is 2.63. The number of hydrogen-bond donors (Lipinski definition) is 1. The van der Waals surface area contributed by atoms with Crippen molar-refractivity contribution in [3.05, 3.63) is 42.2 Å². The maximum atomic E-state index is 10.8. The number of primary amides is 1. The minimum absolute atomic E-state index is 0.144. The number of benzene rings is 1. The van der Waals surface area contributed by atoms with Crippen LogP contribution < -0.4 is 15.2 Å². The van der Waals surface area contributed by atoms with Crippen molar-refractivity contribution in [1.82, 2.24) is 9.97 Å². The number of amides is 1. The molecule has 6 nitrogen and oxygen atoms in total. The van der Waals surface area contributed by atoms with Crippen molar-refractivity contribution in [2.75, 3.05) is 7.11 Å². The number of nitrogens with two attached hydrogens (primary N) is 1. The Morgan fingerprint density at radius 1 is 1.11 bits per heavy atom. The van der Waals surface area contributed by atoms with Gasteiger partial charge in [0.1, 0.15) is 11.5 Å². The largest absolute Gasteiger partial charge is 0.497 e. The fraction of sp³-hybridized carbons (Fsp3) is 0.0833. The lowest BCUT2D eigenvalue weighted by Crippen LogP contribution is -2.11. The highest BCUT2D eigenvalue weighted by atomic mass is 16.5. The molecule has 2 rings (SSSR count). The molecule has 6 heteroatoms. The summed E-state index contributed by atoms with van der Waals surface area (Å²) >= 11 is 0. The molecule has 0 atom stereocenters. The van der Waals surface area contributed by atoms with Crippen molar-refractivity contribution >= 4 is 5.91 Å². The molecule has 0 aliphatic heterocycles. The smallest absolute Gasteiger partial charge is 0.321 e. The third kappa shape index (κ3) is 2.73. The van der Waals surface area contributed by atoms with E-state index < -0.39 is 5.91 Å². The average Bonchev–Trinajstić information content (AvgIpc) is 2.40. The number of carbonyl (C=O) groups excluding carboxylic acids is 1. The summed E-state index contributed by atoms with van der Waals surface area (Å²) in [5.41, 5.74) is 5.31. The number of nitrogens with zero attached hydrogens (tertiary/aromatic N) is 2. The minimum atomic E-state index is -0.578. The quantitative estimate of drug-likeness (QED) is 0.879. The van der Waals surface area contributed by atoms with E-state index in [0.29, 0.717) is 5.75 Å². The van der Waals surface area contributed by atoms with Crippen LogP contribution in [-0.4, -0.2) is 23.0 Å². The molecular weight excluding hydrogens is 234 g/mol. The van der Waals surface area contributed by atoms with E-state index in [9.17, 15) is 4.79 Å². The molecule has 0 aliphatic rings. The van der Waals surface area contributed by atoms with Gasteiger partial charge in [-0.1, -0.05) is 0 Å². The molecule has 1 aromatic heterocycles. The van der Waals surface area contributed by atoms with Crippen LogP contribution in [-0.2, 0) is 0 Å². The van der Waals surface area contributed by atoms with E-state index in [2.05, 4.69) is 9.97 Å². The summed E-state index contributed by atoms with van der Waals surface area (Å²) in [4.78, 5) is 18.6. The number of ether oxygens (including phenoxy) is 2. The molecule has 0 fully saturated rings. The van der Waals surface area contributed by atoms with Gasteiger partial charge in [-0.25, -0.2) is 9.97 Å². The van der Waals surface area contributed by atoms with Crippen LogP contribution in [0, 0.1) is 0 Å². The molecule has 1 aromatic carbocycles. The van der Waals surface area contributed by atoms with Crippen LogP contribution in [0.1, 0.15) is 10.4 Å². The lowest BCUT2D eigenvalue weighted by molar-refractivity contribution is 0.0999. The molecule has 1 amide bonds. The van der Waals surface area contributed by atoms with E-state index in [1.54, 1.807) is 31.4 Å². The predicted molar refractivity (Wildman–Crippen MR) is 63.6 cm³/mol. The van der Waals surface area contributed by atoms with Gasteiger partial charge in [-0.05, 0) is 24.3 Å². The summed E-state index contributed by atoms with van der Waals surface area (Å²) in [6.45, 7) is 0. The van der Waals surface area contributed by atoms with Gasteiger partial charge in [-0.3, -0.25) is 4.79 Å². The van der Waals surface area contributed by atoms with E-state index in [0.717, 1.165) is 5.75 Å². The topological polar surface area (TPSA) is 87.3 Å². The van der Waals surface area contributed by atoms with E-state index >= 15 is 0 Å². The third-order valence-electron chi connectivity index (χ3n) is 2.18. The Labute approximate surface area is 103 Å². The second-order valence-corrected chi connectivity index (χ2v) is 3.40. The Morgan fingerprint density at radius 2 is 1.67 bits per heavy atom. The summed E-state index contributed by atoms with van der Waals surface area (Å²) in [5, 5.41) is 0. The average molecular weight is 245 g/mol. The molecule has 92 valence electrons. The van der Waals surface area contributed by atoms with Crippen molar-refractivity contribution in [3.8, 4) is 17.5 Å². The normalized spacial score (nSPS) is 9.83. The maximum absolute atomic E-state index is 10.8. The van der Waals surface area contributed by atoms with Crippen LogP contribution in [0.25, 0.3) is 0 Å². The molecule has 0 radical (unpaired) electrons. The van der Waals surface area contributed by atoms with Crippen LogP contribution in [0.3, 0.4) is 0 Å². The van der Waals surface area contributed by atoms with Gasteiger partial charge in [0.2, 0.25) is 0 Å². The predicted octanol–water partition coefficient (Wildman–Crippen LogP) is 1.38. The Morgan fingerprint density at radius 3 is 2.17 bits per heavy atom. The molecule has 0 saturated carbocycles. The van der Waals surface area contributed by atoms with Crippen molar-refractivity contribution in [2.24, 2.45) is 5.73 Å². The van der Waals surface area contributed by atoms with E-state index in [1.165, 1.54) is 12.4 Å². The molecule has 0 saturated heterocycles. The van der Waals surface area contributed by atoms with Gasteiger partial charge in [0.05, 0.1) is 12.7 Å². The maximum Gasteiger partial charge on any atom is 0.321 e. The zero-order valence-electron chi connectivity index (χ0n) is 9.66. The highest BCUT2D eigenvalue weighted by molar-refractivity contribution is 5.92. The molecule has 2 N–H and O–H groups in total. The molecule has 0 bridgehead atoms. The number of hydrogen-bond acceptors (Lipinski definition) is 5. The van der Waals surface area contributed by atoms with Gasteiger partial charge < -0.3 is 15.2 Å². The highest BCUT2D eigenvalue weighted by Gasteiger charge is 2.04. The Balaban J connectivity index is 2.10. The van der Waals surface area contributed by atoms with Crippen LogP contribution in [0.4, 0.5) is 0 Å². The van der Waals surface area contributed by atoms with Crippen molar-refractivity contribution < 1.29 is 14.3 Å². The second kappa shape index (κ2) is 5.13. The lowest BCUT2D eigenvalue weighted by atomic mass is 10.3. The van der Waals surface area contributed by atoms with E-state index in [-0.39, 0.29) is 11.6 Å². The minimum Gasteiger partial charge on any atom is -0.497 e. The first-order valence-corrected chi connectivity index (χ1v) is 5.13. The molecule has 2 aromatic rings. The highest BCUT2D eigenvalue weighted by Crippen LogP contribution is 2.20. The van der Waals surface area contributed by atoms with Crippen molar-refractivity contribution in [3.63, 3.8) is 0 Å². The molecule has 0 aliphatic carbocycles. The fourth-order valence-corrected chi connectivity index (χ4v) is 1.25. The Kier molecular flexibility index (Phi) is 3.38. The van der Waals surface area contributed by atoms with Crippen LogP contribution in [0.5, 0.6) is 17.5 Å². The molecule has 0 spiro atoms. The van der Waals surface area contributed by atoms with Crippen molar-refractivity contribution in [1.29, 1.82) is 0 Å². The number of methoxy groups -OCH3 is 1. The van der Waals surface area contributed by atoms with Gasteiger partial charge >= 0.3 is 6.01 Å². The summed E-state index contributed by atoms with van der Waals surface area (Å²) < 4.78 is 10.4. The third-order valence-corrected chi connectivity index (χ3v) is 2.18. The first kappa shape index (κ1) is 11.8. The molecule has 18 heavy (non-hydrogen) atoms. The number of aromatic nitrogens is 2. The van der Waals surface area contributed by atoms with Gasteiger partial charge in [-0.2, -0.15) is 0 Å². The Bertz CT molecular complexity index is 537.